The number of ether oxygens (including phenoxy) is 1. The van der Waals surface area contributed by atoms with E-state index < -0.39 is 27.5 Å². The van der Waals surface area contributed by atoms with Crippen molar-refractivity contribution < 1.29 is 22.7 Å². The number of hydrogen-bond donors (Lipinski definition) is 2. The van der Waals surface area contributed by atoms with Crippen LogP contribution in [0, 0.1) is 17.8 Å². The highest BCUT2D eigenvalue weighted by Crippen LogP contribution is 2.55. The summed E-state index contributed by atoms with van der Waals surface area (Å²) in [5.41, 5.74) is -0.403. The van der Waals surface area contributed by atoms with Crippen molar-refractivity contribution in [3.05, 3.63) is 27.7 Å². The minimum Gasteiger partial charge on any atom is -0.452 e. The SMILES string of the molecule is NS(=O)(=O)c1cc(C(=O)OCC(=O)NC23CC4CC(CC(C4)C2)C3)c(Cl)cc1Cl. The smallest absolute Gasteiger partial charge is 0.340 e. The average Bonchev–Trinajstić information content (AvgIpc) is 2.57. The Balaban J connectivity index is 1.41. The molecule has 0 aliphatic heterocycles. The third-order valence-corrected chi connectivity index (χ3v) is 8.01. The second kappa shape index (κ2) is 7.41. The quantitative estimate of drug-likeness (QED) is 0.655. The van der Waals surface area contributed by atoms with E-state index in [-0.39, 0.29) is 27.1 Å². The Morgan fingerprint density at radius 2 is 1.62 bits per heavy atom. The molecule has 0 aromatic heterocycles. The van der Waals surface area contributed by atoms with Gasteiger partial charge >= 0.3 is 5.97 Å². The number of nitrogens with one attached hydrogen (secondary N) is 1. The van der Waals surface area contributed by atoms with Gasteiger partial charge in [-0.05, 0) is 68.4 Å². The van der Waals surface area contributed by atoms with Gasteiger partial charge in [-0.15, -0.1) is 0 Å². The Kier molecular flexibility index (Phi) is 5.34. The Hall–Kier alpha value is -1.35. The lowest BCUT2D eigenvalue weighted by Crippen LogP contribution is -2.60. The first kappa shape index (κ1) is 20.9. The van der Waals surface area contributed by atoms with Crippen molar-refractivity contribution >= 4 is 45.1 Å². The number of halogens is 2. The predicted molar refractivity (Wildman–Crippen MR) is 107 cm³/mol. The molecular weight excluding hydrogens is 439 g/mol. The number of esters is 1. The molecule has 4 aliphatic carbocycles. The van der Waals surface area contributed by atoms with Crippen LogP contribution < -0.4 is 10.5 Å². The molecule has 1 amide bonds. The molecule has 0 atom stereocenters. The van der Waals surface area contributed by atoms with Gasteiger partial charge in [0.05, 0.1) is 15.6 Å². The number of amides is 1. The van der Waals surface area contributed by atoms with Crippen molar-refractivity contribution in [3.8, 4) is 0 Å². The maximum Gasteiger partial charge on any atom is 0.340 e. The van der Waals surface area contributed by atoms with Crippen LogP contribution in [0.2, 0.25) is 10.0 Å². The van der Waals surface area contributed by atoms with Crippen LogP contribution in [0.25, 0.3) is 0 Å². The topological polar surface area (TPSA) is 116 Å². The Bertz CT molecular complexity index is 944. The van der Waals surface area contributed by atoms with Gasteiger partial charge in [-0.2, -0.15) is 0 Å². The predicted octanol–water partition coefficient (Wildman–Crippen LogP) is 2.88. The van der Waals surface area contributed by atoms with E-state index in [0.717, 1.165) is 31.4 Å². The first-order chi connectivity index (χ1) is 13.5. The summed E-state index contributed by atoms with van der Waals surface area (Å²) in [7, 11) is -4.15. The lowest BCUT2D eigenvalue weighted by atomic mass is 9.53. The van der Waals surface area contributed by atoms with Gasteiger partial charge in [-0.1, -0.05) is 23.2 Å². The second-order valence-corrected chi connectivity index (χ2v) is 11.0. The van der Waals surface area contributed by atoms with Gasteiger partial charge in [0.25, 0.3) is 5.91 Å². The molecular formula is C19H22Cl2N2O5S. The molecule has 0 spiro atoms. The van der Waals surface area contributed by atoms with E-state index in [1.165, 1.54) is 19.3 Å². The normalized spacial score (nSPS) is 30.2. The zero-order chi connectivity index (χ0) is 21.0. The monoisotopic (exact) mass is 460 g/mol. The highest BCUT2D eigenvalue weighted by Gasteiger charge is 2.51. The van der Waals surface area contributed by atoms with Crippen LogP contribution in [0.3, 0.4) is 0 Å². The molecule has 4 fully saturated rings. The van der Waals surface area contributed by atoms with Crippen LogP contribution in [-0.2, 0) is 19.6 Å². The molecule has 4 aliphatic rings. The molecule has 10 heteroatoms. The summed E-state index contributed by atoms with van der Waals surface area (Å²) in [4.78, 5) is 24.4. The molecule has 4 bridgehead atoms. The summed E-state index contributed by atoms with van der Waals surface area (Å²) in [5, 5.41) is 7.91. The summed E-state index contributed by atoms with van der Waals surface area (Å²) in [5.74, 6) is 0.741. The molecule has 0 unspecified atom stereocenters. The van der Waals surface area contributed by atoms with Crippen LogP contribution in [-0.4, -0.2) is 32.4 Å². The van der Waals surface area contributed by atoms with Gasteiger partial charge in [0.1, 0.15) is 4.90 Å². The average molecular weight is 461 g/mol. The number of rotatable bonds is 5. The molecule has 29 heavy (non-hydrogen) atoms. The Labute approximate surface area is 179 Å². The van der Waals surface area contributed by atoms with E-state index in [2.05, 4.69) is 5.32 Å². The van der Waals surface area contributed by atoms with Crippen LogP contribution in [0.5, 0.6) is 0 Å². The van der Waals surface area contributed by atoms with Gasteiger partial charge in [0.15, 0.2) is 6.61 Å². The summed E-state index contributed by atoms with van der Waals surface area (Å²) < 4.78 is 28.3. The van der Waals surface area contributed by atoms with E-state index in [4.69, 9.17) is 33.1 Å². The molecule has 4 saturated carbocycles. The van der Waals surface area contributed by atoms with Crippen molar-refractivity contribution in [2.75, 3.05) is 6.61 Å². The zero-order valence-corrected chi connectivity index (χ0v) is 17.9. The third kappa shape index (κ3) is 4.26. The lowest BCUT2D eigenvalue weighted by molar-refractivity contribution is -0.130. The number of primary sulfonamides is 1. The number of benzene rings is 1. The lowest BCUT2D eigenvalue weighted by Gasteiger charge is -2.56. The summed E-state index contributed by atoms with van der Waals surface area (Å²) in [6, 6.07) is 2.06. The molecule has 3 N–H and O–H groups in total. The van der Waals surface area contributed by atoms with Crippen molar-refractivity contribution in [2.24, 2.45) is 22.9 Å². The van der Waals surface area contributed by atoms with Gasteiger partial charge in [-0.25, -0.2) is 18.4 Å². The van der Waals surface area contributed by atoms with Crippen LogP contribution >= 0.6 is 23.2 Å². The van der Waals surface area contributed by atoms with Crippen molar-refractivity contribution in [1.29, 1.82) is 0 Å². The molecule has 1 aromatic carbocycles. The van der Waals surface area contributed by atoms with E-state index >= 15 is 0 Å². The minimum absolute atomic E-state index is 0.0890. The summed E-state index contributed by atoms with van der Waals surface area (Å²) >= 11 is 11.8. The summed E-state index contributed by atoms with van der Waals surface area (Å²) in [6.45, 7) is -0.468. The molecule has 7 nitrogen and oxygen atoms in total. The van der Waals surface area contributed by atoms with E-state index in [9.17, 15) is 18.0 Å². The molecule has 1 aromatic rings. The molecule has 0 saturated heterocycles. The highest BCUT2D eigenvalue weighted by atomic mass is 35.5. The Morgan fingerprint density at radius 1 is 1.07 bits per heavy atom. The largest absolute Gasteiger partial charge is 0.452 e. The van der Waals surface area contributed by atoms with Gasteiger partial charge in [0, 0.05) is 5.54 Å². The van der Waals surface area contributed by atoms with Crippen LogP contribution in [0.1, 0.15) is 48.9 Å². The third-order valence-electron chi connectivity index (χ3n) is 6.33. The number of carbonyl (C=O) groups is 2. The fraction of sp³-hybridized carbons (Fsp3) is 0.579. The summed E-state index contributed by atoms with van der Waals surface area (Å²) in [6.07, 6.45) is 6.72. The maximum atomic E-state index is 12.5. The van der Waals surface area contributed by atoms with Crippen LogP contribution in [0.4, 0.5) is 0 Å². The number of nitrogens with two attached hydrogens (primary N) is 1. The zero-order valence-electron chi connectivity index (χ0n) is 15.6. The maximum absolute atomic E-state index is 12.5. The number of sulfonamides is 1. The van der Waals surface area contributed by atoms with E-state index in [1.54, 1.807) is 0 Å². The molecule has 5 rings (SSSR count). The Morgan fingerprint density at radius 3 is 2.14 bits per heavy atom. The standard InChI is InChI=1S/C19H22Cl2N2O5S/c20-14-5-15(21)16(29(22,26)27)4-13(14)18(25)28-9-17(24)23-19-6-10-1-11(7-19)3-12(2-10)8-19/h4-5,10-12H,1-3,6-9H2,(H,23,24)(H2,22,26,27). The van der Waals surface area contributed by atoms with Gasteiger partial charge in [-0.3, -0.25) is 4.79 Å². The fourth-order valence-corrected chi connectivity index (χ4v) is 7.10. The second-order valence-electron chi connectivity index (χ2n) is 8.63. The first-order valence-corrected chi connectivity index (χ1v) is 11.8. The van der Waals surface area contributed by atoms with Crippen LogP contribution in [0.15, 0.2) is 17.0 Å². The first-order valence-electron chi connectivity index (χ1n) is 9.55. The minimum atomic E-state index is -4.15. The van der Waals surface area contributed by atoms with Gasteiger partial charge in [0.2, 0.25) is 10.0 Å². The molecule has 158 valence electrons. The molecule has 0 radical (unpaired) electrons. The van der Waals surface area contributed by atoms with Gasteiger partial charge < -0.3 is 10.1 Å². The number of carbonyl (C=O) groups excluding carboxylic acids is 2. The fourth-order valence-electron chi connectivity index (χ4n) is 5.71. The van der Waals surface area contributed by atoms with E-state index in [1.807, 2.05) is 0 Å². The van der Waals surface area contributed by atoms with Crippen molar-refractivity contribution in [2.45, 2.75) is 49.0 Å². The highest BCUT2D eigenvalue weighted by molar-refractivity contribution is 7.89. The van der Waals surface area contributed by atoms with Crippen molar-refractivity contribution in [3.63, 3.8) is 0 Å². The van der Waals surface area contributed by atoms with E-state index in [0.29, 0.717) is 17.8 Å². The number of hydrogen-bond acceptors (Lipinski definition) is 5. The van der Waals surface area contributed by atoms with Crippen molar-refractivity contribution in [1.82, 2.24) is 5.32 Å². The molecule has 0 heterocycles.